The van der Waals surface area contributed by atoms with Crippen LogP contribution in [0.1, 0.15) is 64.7 Å². The van der Waals surface area contributed by atoms with Gasteiger partial charge in [-0.05, 0) is 12.8 Å². The van der Waals surface area contributed by atoms with E-state index in [1.807, 2.05) is 6.08 Å². The highest BCUT2D eigenvalue weighted by Crippen LogP contribution is 2.13. The van der Waals surface area contributed by atoms with E-state index in [4.69, 9.17) is 0 Å². The molecule has 1 fully saturated rings. The Balaban J connectivity index is 2.06. The van der Waals surface area contributed by atoms with Gasteiger partial charge in [-0.25, -0.2) is 0 Å². The Kier molecular flexibility index (Phi) is 6.60. The number of hydrogen-bond acceptors (Lipinski definition) is 2. The number of carbonyl (C=O) groups is 2. The molecule has 0 spiro atoms. The van der Waals surface area contributed by atoms with Crippen LogP contribution in [0.5, 0.6) is 0 Å². The predicted molar refractivity (Wildman–Crippen MR) is 68.2 cm³/mol. The van der Waals surface area contributed by atoms with Crippen LogP contribution < -0.4 is 0 Å². The largest absolute Gasteiger partial charge is 0.274 e. The number of carbonyl (C=O) groups excluding carboxylic acids is 2. The quantitative estimate of drug-likeness (QED) is 0.479. The number of rotatable bonds is 8. The minimum Gasteiger partial charge on any atom is -0.274 e. The second-order valence-corrected chi connectivity index (χ2v) is 4.60. The van der Waals surface area contributed by atoms with Crippen LogP contribution in [-0.2, 0) is 9.59 Å². The molecule has 1 saturated heterocycles. The molecule has 96 valence electrons. The highest BCUT2D eigenvalue weighted by atomic mass is 16.2. The van der Waals surface area contributed by atoms with E-state index in [0.29, 0.717) is 12.8 Å². The van der Waals surface area contributed by atoms with Gasteiger partial charge in [-0.3, -0.25) is 14.5 Å². The molecule has 1 aliphatic heterocycles. The van der Waals surface area contributed by atoms with Crippen molar-refractivity contribution >= 4 is 11.8 Å². The first-order chi connectivity index (χ1) is 8.25. The van der Waals surface area contributed by atoms with E-state index in [2.05, 4.69) is 6.92 Å². The summed E-state index contributed by atoms with van der Waals surface area (Å²) >= 11 is 0. The molecule has 0 aromatic carbocycles. The molecule has 0 aromatic rings. The van der Waals surface area contributed by atoms with Crippen LogP contribution in [0.15, 0.2) is 12.3 Å². The van der Waals surface area contributed by atoms with Crippen LogP contribution in [0.3, 0.4) is 0 Å². The van der Waals surface area contributed by atoms with Crippen LogP contribution in [0.4, 0.5) is 0 Å². The van der Waals surface area contributed by atoms with E-state index in [0.717, 1.165) is 12.8 Å². The highest BCUT2D eigenvalue weighted by molar-refractivity contribution is 6.02. The Morgan fingerprint density at radius 2 is 1.59 bits per heavy atom. The third kappa shape index (κ3) is 5.16. The molecule has 0 unspecified atom stereocenters. The molecule has 0 atom stereocenters. The second-order valence-electron chi connectivity index (χ2n) is 4.60. The van der Waals surface area contributed by atoms with E-state index in [1.54, 1.807) is 6.20 Å². The van der Waals surface area contributed by atoms with Crippen molar-refractivity contribution in [2.45, 2.75) is 64.7 Å². The zero-order chi connectivity index (χ0) is 12.5. The van der Waals surface area contributed by atoms with Gasteiger partial charge in [0.2, 0.25) is 11.8 Å². The van der Waals surface area contributed by atoms with Gasteiger partial charge in [0.15, 0.2) is 0 Å². The molecule has 1 aliphatic rings. The van der Waals surface area contributed by atoms with Crippen molar-refractivity contribution in [3.8, 4) is 0 Å². The fraction of sp³-hybridized carbons (Fsp3) is 0.714. The summed E-state index contributed by atoms with van der Waals surface area (Å²) in [6.07, 6.45) is 12.9. The fourth-order valence-electron chi connectivity index (χ4n) is 1.98. The summed E-state index contributed by atoms with van der Waals surface area (Å²) in [5, 5.41) is 0. The molecule has 0 bridgehead atoms. The summed E-state index contributed by atoms with van der Waals surface area (Å²) in [7, 11) is 0. The summed E-state index contributed by atoms with van der Waals surface area (Å²) in [5.41, 5.74) is 0. The van der Waals surface area contributed by atoms with E-state index >= 15 is 0 Å². The lowest BCUT2D eigenvalue weighted by Crippen LogP contribution is -2.22. The van der Waals surface area contributed by atoms with E-state index in [-0.39, 0.29) is 11.8 Å². The number of unbranched alkanes of at least 4 members (excludes halogenated alkanes) is 6. The monoisotopic (exact) mass is 237 g/mol. The van der Waals surface area contributed by atoms with Gasteiger partial charge in [0, 0.05) is 19.0 Å². The van der Waals surface area contributed by atoms with E-state index < -0.39 is 0 Å². The molecule has 0 aliphatic carbocycles. The molecule has 0 radical (unpaired) electrons. The molecule has 0 saturated carbocycles. The summed E-state index contributed by atoms with van der Waals surface area (Å²) < 4.78 is 0. The number of nitrogens with zero attached hydrogens (tertiary/aromatic N) is 1. The molecule has 1 heterocycles. The summed E-state index contributed by atoms with van der Waals surface area (Å²) in [6.45, 7) is 2.22. The minimum absolute atomic E-state index is 0.0609. The Morgan fingerprint density at radius 1 is 1.00 bits per heavy atom. The number of amides is 2. The Bertz CT molecular complexity index is 268. The third-order valence-electron chi connectivity index (χ3n) is 3.07. The maximum Gasteiger partial charge on any atom is 0.233 e. The van der Waals surface area contributed by atoms with Crippen LogP contribution >= 0.6 is 0 Å². The summed E-state index contributed by atoms with van der Waals surface area (Å²) in [4.78, 5) is 23.8. The molecule has 3 nitrogen and oxygen atoms in total. The molecule has 2 amide bonds. The van der Waals surface area contributed by atoms with Crippen molar-refractivity contribution in [2.75, 3.05) is 0 Å². The van der Waals surface area contributed by atoms with Gasteiger partial charge >= 0.3 is 0 Å². The lowest BCUT2D eigenvalue weighted by atomic mass is 10.1. The van der Waals surface area contributed by atoms with Crippen molar-refractivity contribution in [1.29, 1.82) is 0 Å². The first kappa shape index (κ1) is 13.9. The fourth-order valence-corrected chi connectivity index (χ4v) is 1.98. The molecular weight excluding hydrogens is 214 g/mol. The van der Waals surface area contributed by atoms with Crippen molar-refractivity contribution in [2.24, 2.45) is 0 Å². The number of hydrogen-bond donors (Lipinski definition) is 0. The van der Waals surface area contributed by atoms with Crippen molar-refractivity contribution in [3.05, 3.63) is 12.3 Å². The van der Waals surface area contributed by atoms with Crippen LogP contribution in [0, 0.1) is 0 Å². The summed E-state index contributed by atoms with van der Waals surface area (Å²) in [5.74, 6) is -0.122. The van der Waals surface area contributed by atoms with Gasteiger partial charge in [-0.15, -0.1) is 0 Å². The van der Waals surface area contributed by atoms with Crippen molar-refractivity contribution in [1.82, 2.24) is 4.90 Å². The first-order valence-electron chi connectivity index (χ1n) is 6.77. The van der Waals surface area contributed by atoms with Gasteiger partial charge in [0.05, 0.1) is 0 Å². The third-order valence-corrected chi connectivity index (χ3v) is 3.07. The molecule has 0 N–H and O–H groups in total. The number of imide groups is 1. The van der Waals surface area contributed by atoms with Gasteiger partial charge < -0.3 is 0 Å². The average Bonchev–Trinajstić information content (AvgIpc) is 2.63. The molecular formula is C14H23NO2. The molecule has 17 heavy (non-hydrogen) atoms. The second kappa shape index (κ2) is 8.04. The molecule has 3 heteroatoms. The lowest BCUT2D eigenvalue weighted by molar-refractivity contribution is -0.135. The first-order valence-corrected chi connectivity index (χ1v) is 6.77. The van der Waals surface area contributed by atoms with Crippen molar-refractivity contribution < 1.29 is 9.59 Å². The number of allylic oxidation sites excluding steroid dienone is 1. The normalized spacial score (nSPS) is 16.4. The van der Waals surface area contributed by atoms with E-state index in [9.17, 15) is 9.59 Å². The maximum absolute atomic E-state index is 11.3. The van der Waals surface area contributed by atoms with Crippen molar-refractivity contribution in [3.63, 3.8) is 0 Å². The van der Waals surface area contributed by atoms with Gasteiger partial charge in [-0.2, -0.15) is 0 Å². The topological polar surface area (TPSA) is 37.4 Å². The van der Waals surface area contributed by atoms with Crippen LogP contribution in [-0.4, -0.2) is 16.7 Å². The smallest absolute Gasteiger partial charge is 0.233 e. The van der Waals surface area contributed by atoms with Gasteiger partial charge in [0.25, 0.3) is 0 Å². The average molecular weight is 237 g/mol. The minimum atomic E-state index is -0.0609. The van der Waals surface area contributed by atoms with Crippen LogP contribution in [0.2, 0.25) is 0 Å². The number of likely N-dealkylation sites (tertiary alicyclic amines) is 1. The van der Waals surface area contributed by atoms with Crippen LogP contribution in [0.25, 0.3) is 0 Å². The Hall–Kier alpha value is -1.12. The molecule has 1 rings (SSSR count). The van der Waals surface area contributed by atoms with E-state index in [1.165, 1.54) is 37.0 Å². The maximum atomic E-state index is 11.3. The zero-order valence-corrected chi connectivity index (χ0v) is 10.8. The Labute approximate surface area is 104 Å². The summed E-state index contributed by atoms with van der Waals surface area (Å²) in [6, 6.07) is 0. The molecule has 0 aromatic heterocycles. The zero-order valence-electron chi connectivity index (χ0n) is 10.8. The lowest BCUT2D eigenvalue weighted by Gasteiger charge is -2.06. The van der Waals surface area contributed by atoms with Gasteiger partial charge in [-0.1, -0.05) is 45.1 Å². The highest BCUT2D eigenvalue weighted by Gasteiger charge is 2.26. The SMILES string of the molecule is CCCCCCCC/C=C/N1C(=O)CCC1=O. The standard InChI is InChI=1S/C14H23NO2/c1-2-3-4-5-6-7-8-9-12-15-13(16)10-11-14(15)17/h9,12H,2-8,10-11H2,1H3/b12-9+. The predicted octanol–water partition coefficient (Wildman–Crippen LogP) is 3.40. The van der Waals surface area contributed by atoms with Gasteiger partial charge in [0.1, 0.15) is 0 Å². The Morgan fingerprint density at radius 3 is 2.24 bits per heavy atom.